The van der Waals surface area contributed by atoms with Gasteiger partial charge < -0.3 is 14.9 Å². The number of para-hydroxylation sites is 1. The normalized spacial score (nSPS) is 13.5. The van der Waals surface area contributed by atoms with Gasteiger partial charge in [-0.15, -0.1) is 0 Å². The van der Waals surface area contributed by atoms with Gasteiger partial charge in [0.2, 0.25) is 0 Å². The van der Waals surface area contributed by atoms with E-state index < -0.39 is 7.82 Å². The van der Waals surface area contributed by atoms with E-state index >= 15 is 0 Å². The Kier molecular flexibility index (Phi) is 26.9. The average Bonchev–Trinajstić information content (AvgIpc) is 3.02. The molecule has 8 heteroatoms. The van der Waals surface area contributed by atoms with Crippen molar-refractivity contribution >= 4 is 13.6 Å². The van der Waals surface area contributed by atoms with Crippen LogP contribution in [0.2, 0.25) is 0 Å². The van der Waals surface area contributed by atoms with E-state index in [1.807, 2.05) is 38.2 Å². The second kappa shape index (κ2) is 28.9. The molecule has 0 aliphatic rings. The SMILES string of the molecule is CCCCCCCCCCCCCCCCCCOc1ccccc1CC(COP(=O)(O)OCCCC[NH2+]C)CC(=O)CCC. The molecule has 0 bridgehead atoms. The van der Waals surface area contributed by atoms with Gasteiger partial charge in [-0.25, -0.2) is 4.57 Å². The van der Waals surface area contributed by atoms with Crippen LogP contribution >= 0.6 is 7.82 Å². The predicted molar refractivity (Wildman–Crippen MR) is 187 cm³/mol. The highest BCUT2D eigenvalue weighted by Gasteiger charge is 2.25. The number of carbonyl (C=O) groups is 1. The van der Waals surface area contributed by atoms with Gasteiger partial charge in [-0.1, -0.05) is 128 Å². The number of hydrogen-bond acceptors (Lipinski definition) is 5. The Morgan fingerprint density at radius 3 is 1.89 bits per heavy atom. The summed E-state index contributed by atoms with van der Waals surface area (Å²) >= 11 is 0. The zero-order chi connectivity index (χ0) is 32.9. The number of rotatable bonds is 33. The van der Waals surface area contributed by atoms with Crippen molar-refractivity contribution < 1.29 is 33.4 Å². The molecule has 0 aromatic heterocycles. The second-order valence-electron chi connectivity index (χ2n) is 12.8. The number of ether oxygens (including phenoxy) is 1. The number of ketones is 1. The van der Waals surface area contributed by atoms with Crippen LogP contribution in [0.3, 0.4) is 0 Å². The van der Waals surface area contributed by atoms with Crippen molar-refractivity contribution in [1.29, 1.82) is 0 Å². The van der Waals surface area contributed by atoms with E-state index in [1.165, 1.54) is 96.3 Å². The number of phosphoric ester groups is 1. The zero-order valence-electron chi connectivity index (χ0n) is 29.3. The lowest BCUT2D eigenvalue weighted by atomic mass is 9.93. The highest BCUT2D eigenvalue weighted by atomic mass is 31.2. The van der Waals surface area contributed by atoms with E-state index in [1.54, 1.807) is 0 Å². The minimum atomic E-state index is -4.17. The summed E-state index contributed by atoms with van der Waals surface area (Å²) in [6.07, 6.45) is 25.2. The lowest BCUT2D eigenvalue weighted by molar-refractivity contribution is -0.627. The van der Waals surface area contributed by atoms with Crippen molar-refractivity contribution in [1.82, 2.24) is 0 Å². The van der Waals surface area contributed by atoms with Crippen molar-refractivity contribution in [2.24, 2.45) is 5.92 Å². The molecule has 0 fully saturated rings. The molecule has 0 amide bonds. The van der Waals surface area contributed by atoms with Gasteiger partial charge in [0.05, 0.1) is 33.4 Å². The molecule has 1 aromatic carbocycles. The molecule has 45 heavy (non-hydrogen) atoms. The van der Waals surface area contributed by atoms with Crippen LogP contribution in [0.5, 0.6) is 5.75 Å². The number of phosphoric acid groups is 1. The molecule has 0 aliphatic carbocycles. The molecule has 7 nitrogen and oxygen atoms in total. The predicted octanol–water partition coefficient (Wildman–Crippen LogP) is 9.35. The monoisotopic (exact) mass is 654 g/mol. The van der Waals surface area contributed by atoms with Crippen LogP contribution in [0, 0.1) is 5.92 Å². The largest absolute Gasteiger partial charge is 0.493 e. The minimum Gasteiger partial charge on any atom is -0.493 e. The molecule has 1 aromatic rings. The van der Waals surface area contributed by atoms with Gasteiger partial charge in [0, 0.05) is 12.8 Å². The molecule has 1 rings (SSSR count). The topological polar surface area (TPSA) is 98.7 Å². The zero-order valence-corrected chi connectivity index (χ0v) is 30.2. The first-order chi connectivity index (χ1) is 21.9. The Labute approximate surface area is 276 Å². The van der Waals surface area contributed by atoms with Gasteiger partial charge in [0.1, 0.15) is 11.5 Å². The smallest absolute Gasteiger partial charge is 0.472 e. The van der Waals surface area contributed by atoms with Gasteiger partial charge in [0.25, 0.3) is 0 Å². The molecule has 0 aliphatic heterocycles. The number of carbonyl (C=O) groups excluding carboxylic acids is 1. The summed E-state index contributed by atoms with van der Waals surface area (Å²) in [4.78, 5) is 22.7. The minimum absolute atomic E-state index is 0.0145. The first kappa shape index (κ1) is 41.8. The average molecular weight is 655 g/mol. The maximum Gasteiger partial charge on any atom is 0.472 e. The maximum absolute atomic E-state index is 12.5. The van der Waals surface area contributed by atoms with E-state index in [9.17, 15) is 14.3 Å². The van der Waals surface area contributed by atoms with Crippen LogP contribution in [0.15, 0.2) is 24.3 Å². The fraction of sp³-hybridized carbons (Fsp3) is 0.811. The van der Waals surface area contributed by atoms with Gasteiger partial charge in [0.15, 0.2) is 0 Å². The first-order valence-corrected chi connectivity index (χ1v) is 20.0. The molecule has 2 unspecified atom stereocenters. The van der Waals surface area contributed by atoms with E-state index in [2.05, 4.69) is 12.2 Å². The third kappa shape index (κ3) is 24.6. The lowest BCUT2D eigenvalue weighted by Crippen LogP contribution is -2.79. The molecule has 0 saturated carbocycles. The Hall–Kier alpha value is -1.24. The lowest BCUT2D eigenvalue weighted by Gasteiger charge is -2.20. The summed E-state index contributed by atoms with van der Waals surface area (Å²) in [5.41, 5.74) is 0.997. The van der Waals surface area contributed by atoms with Gasteiger partial charge >= 0.3 is 7.82 Å². The van der Waals surface area contributed by atoms with Crippen LogP contribution in [-0.2, 0) is 24.8 Å². The Morgan fingerprint density at radius 2 is 1.31 bits per heavy atom. The second-order valence-corrected chi connectivity index (χ2v) is 14.3. The summed E-state index contributed by atoms with van der Waals surface area (Å²) in [6.45, 7) is 6.04. The molecule has 0 spiro atoms. The molecular formula is C37H69NO6P+. The number of Topliss-reactive ketones (excluding diaryl/α,β-unsaturated/α-hetero) is 1. The Bertz CT molecular complexity index is 882. The molecule has 0 radical (unpaired) electrons. The summed E-state index contributed by atoms with van der Waals surface area (Å²) in [6, 6.07) is 7.92. The van der Waals surface area contributed by atoms with Crippen molar-refractivity contribution in [2.45, 2.75) is 155 Å². The van der Waals surface area contributed by atoms with E-state index in [0.29, 0.717) is 32.3 Å². The van der Waals surface area contributed by atoms with Gasteiger partial charge in [-0.2, -0.15) is 0 Å². The number of unbranched alkanes of at least 4 members (excludes halogenated alkanes) is 16. The van der Waals surface area contributed by atoms with Crippen LogP contribution in [0.1, 0.15) is 154 Å². The van der Waals surface area contributed by atoms with Crippen molar-refractivity contribution in [3.8, 4) is 5.75 Å². The Balaban J connectivity index is 2.34. The number of benzene rings is 1. The summed E-state index contributed by atoms with van der Waals surface area (Å²) in [7, 11) is -2.18. The van der Waals surface area contributed by atoms with Crippen LogP contribution in [0.4, 0.5) is 0 Å². The quantitative estimate of drug-likeness (QED) is 0.0579. The van der Waals surface area contributed by atoms with Crippen molar-refractivity contribution in [2.75, 3.05) is 33.4 Å². The highest BCUT2D eigenvalue weighted by Crippen LogP contribution is 2.44. The molecule has 262 valence electrons. The number of nitrogens with two attached hydrogens (primary N) is 1. The van der Waals surface area contributed by atoms with E-state index in [4.69, 9.17) is 13.8 Å². The third-order valence-electron chi connectivity index (χ3n) is 8.40. The molecular weight excluding hydrogens is 585 g/mol. The molecule has 2 atom stereocenters. The standard InChI is InChI=1S/C37H68NO6P/c1-4-6-7-8-9-10-11-12-13-14-15-16-17-18-19-23-29-42-37-27-21-20-26-35(37)31-34(32-36(39)25-5-2)33-44-45(40,41)43-30-24-22-28-38-3/h20-21,26-27,34,38H,4-19,22-25,28-33H2,1-3H3,(H,40,41)/p+1. The fourth-order valence-electron chi connectivity index (χ4n) is 5.72. The van der Waals surface area contributed by atoms with Crippen molar-refractivity contribution in [3.05, 3.63) is 29.8 Å². The molecule has 0 heterocycles. The summed E-state index contributed by atoms with van der Waals surface area (Å²) < 4.78 is 29.2. The van der Waals surface area contributed by atoms with E-state index in [-0.39, 0.29) is 24.9 Å². The van der Waals surface area contributed by atoms with Gasteiger partial charge in [-0.3, -0.25) is 13.8 Å². The van der Waals surface area contributed by atoms with Crippen LogP contribution in [-0.4, -0.2) is 44.1 Å². The number of hydrogen-bond donors (Lipinski definition) is 2. The van der Waals surface area contributed by atoms with E-state index in [0.717, 1.165) is 37.1 Å². The Morgan fingerprint density at radius 1 is 0.756 bits per heavy atom. The first-order valence-electron chi connectivity index (χ1n) is 18.5. The highest BCUT2D eigenvalue weighted by molar-refractivity contribution is 7.47. The van der Waals surface area contributed by atoms with Gasteiger partial charge in [-0.05, 0) is 49.7 Å². The van der Waals surface area contributed by atoms with Crippen molar-refractivity contribution in [3.63, 3.8) is 0 Å². The number of quaternary nitrogens is 1. The molecule has 3 N–H and O–H groups in total. The molecule has 0 saturated heterocycles. The third-order valence-corrected chi connectivity index (χ3v) is 9.38. The fourth-order valence-corrected chi connectivity index (χ4v) is 6.55. The van der Waals surface area contributed by atoms with Crippen LogP contribution < -0.4 is 10.1 Å². The summed E-state index contributed by atoms with van der Waals surface area (Å²) in [5.74, 6) is 0.729. The summed E-state index contributed by atoms with van der Waals surface area (Å²) in [5, 5.41) is 2.07. The van der Waals surface area contributed by atoms with Crippen LogP contribution in [0.25, 0.3) is 0 Å². The maximum atomic E-state index is 12.5.